The zero-order valence-corrected chi connectivity index (χ0v) is 10.0. The van der Waals surface area contributed by atoms with E-state index in [2.05, 4.69) is 5.10 Å². The fourth-order valence-corrected chi connectivity index (χ4v) is 1.75. The van der Waals surface area contributed by atoms with E-state index in [9.17, 15) is 0 Å². The van der Waals surface area contributed by atoms with Crippen LogP contribution in [-0.4, -0.2) is 9.78 Å². The summed E-state index contributed by atoms with van der Waals surface area (Å²) >= 11 is 11.8. The van der Waals surface area contributed by atoms with Gasteiger partial charge in [0.05, 0.1) is 22.3 Å². The number of benzene rings is 1. The van der Waals surface area contributed by atoms with Gasteiger partial charge in [-0.3, -0.25) is 4.68 Å². The molecular formula is C11H11Cl2N3. The first-order valence-electron chi connectivity index (χ1n) is 4.85. The molecule has 84 valence electrons. The number of nitrogens with zero attached hydrogens (tertiary/aromatic N) is 2. The van der Waals surface area contributed by atoms with Crippen LogP contribution in [0.3, 0.4) is 0 Å². The van der Waals surface area contributed by atoms with Crippen LogP contribution < -0.4 is 5.73 Å². The smallest absolute Gasteiger partial charge is 0.0760 e. The van der Waals surface area contributed by atoms with Crippen LogP contribution in [0.2, 0.25) is 10.0 Å². The fraction of sp³-hybridized carbons (Fsp3) is 0.182. The molecule has 0 radical (unpaired) electrons. The van der Waals surface area contributed by atoms with Gasteiger partial charge < -0.3 is 5.73 Å². The second-order valence-corrected chi connectivity index (χ2v) is 4.27. The van der Waals surface area contributed by atoms with Crippen molar-refractivity contribution in [3.8, 4) is 0 Å². The maximum absolute atomic E-state index is 5.93. The molecule has 16 heavy (non-hydrogen) atoms. The summed E-state index contributed by atoms with van der Waals surface area (Å²) in [6.07, 6.45) is 1.89. The van der Waals surface area contributed by atoms with Gasteiger partial charge in [0.15, 0.2) is 0 Å². The lowest BCUT2D eigenvalue weighted by molar-refractivity contribution is 0.672. The van der Waals surface area contributed by atoms with E-state index in [1.165, 1.54) is 0 Å². The Morgan fingerprint density at radius 2 is 2.00 bits per heavy atom. The second-order valence-electron chi connectivity index (χ2n) is 3.46. The first-order chi connectivity index (χ1) is 7.69. The van der Waals surface area contributed by atoms with E-state index in [-0.39, 0.29) is 0 Å². The van der Waals surface area contributed by atoms with Crippen molar-refractivity contribution >= 4 is 23.2 Å². The van der Waals surface area contributed by atoms with E-state index in [1.807, 2.05) is 29.1 Å². The van der Waals surface area contributed by atoms with E-state index >= 15 is 0 Å². The Balaban J connectivity index is 2.17. The second kappa shape index (κ2) is 4.87. The first-order valence-corrected chi connectivity index (χ1v) is 5.61. The minimum absolute atomic E-state index is 0.453. The molecule has 0 aliphatic rings. The highest BCUT2D eigenvalue weighted by atomic mass is 35.5. The Hall–Kier alpha value is -1.03. The Bertz CT molecular complexity index is 494. The van der Waals surface area contributed by atoms with Crippen molar-refractivity contribution in [3.63, 3.8) is 0 Å². The molecule has 3 nitrogen and oxygen atoms in total. The van der Waals surface area contributed by atoms with Gasteiger partial charge in [0.2, 0.25) is 0 Å². The molecule has 0 spiro atoms. The van der Waals surface area contributed by atoms with E-state index in [0.29, 0.717) is 23.1 Å². The first kappa shape index (κ1) is 11.5. The van der Waals surface area contributed by atoms with E-state index in [4.69, 9.17) is 28.9 Å². The van der Waals surface area contributed by atoms with E-state index in [0.717, 1.165) is 11.3 Å². The summed E-state index contributed by atoms with van der Waals surface area (Å²) in [5, 5.41) is 5.42. The van der Waals surface area contributed by atoms with Crippen LogP contribution in [0.25, 0.3) is 0 Å². The van der Waals surface area contributed by atoms with Gasteiger partial charge in [0, 0.05) is 12.7 Å². The van der Waals surface area contributed by atoms with Crippen LogP contribution in [0.15, 0.2) is 30.5 Å². The molecule has 0 bridgehead atoms. The molecule has 0 aliphatic heterocycles. The van der Waals surface area contributed by atoms with Gasteiger partial charge in [-0.05, 0) is 23.8 Å². The van der Waals surface area contributed by atoms with Gasteiger partial charge in [0.25, 0.3) is 0 Å². The number of hydrogen-bond donors (Lipinski definition) is 1. The average Bonchev–Trinajstić information content (AvgIpc) is 2.71. The highest BCUT2D eigenvalue weighted by Gasteiger charge is 2.01. The van der Waals surface area contributed by atoms with Crippen molar-refractivity contribution in [2.75, 3.05) is 0 Å². The minimum Gasteiger partial charge on any atom is -0.325 e. The molecule has 0 saturated carbocycles. The molecular weight excluding hydrogens is 245 g/mol. The van der Waals surface area contributed by atoms with Crippen LogP contribution in [0.5, 0.6) is 0 Å². The highest BCUT2D eigenvalue weighted by Crippen LogP contribution is 2.22. The van der Waals surface area contributed by atoms with Crippen LogP contribution in [0.1, 0.15) is 11.3 Å². The Labute approximate surface area is 104 Å². The molecule has 0 saturated heterocycles. The van der Waals surface area contributed by atoms with Crippen molar-refractivity contribution in [2.24, 2.45) is 5.73 Å². The summed E-state index contributed by atoms with van der Waals surface area (Å²) in [7, 11) is 0. The molecule has 0 atom stereocenters. The van der Waals surface area contributed by atoms with Crippen molar-refractivity contribution in [1.82, 2.24) is 9.78 Å². The molecule has 2 aromatic rings. The topological polar surface area (TPSA) is 43.8 Å². The third-order valence-corrected chi connectivity index (χ3v) is 2.97. The number of nitrogens with two attached hydrogens (primary N) is 1. The SMILES string of the molecule is NCc1ccn(Cc2ccc(Cl)c(Cl)c2)n1. The minimum atomic E-state index is 0.453. The predicted molar refractivity (Wildman–Crippen MR) is 65.7 cm³/mol. The summed E-state index contributed by atoms with van der Waals surface area (Å²) < 4.78 is 1.82. The zero-order valence-electron chi connectivity index (χ0n) is 8.53. The van der Waals surface area contributed by atoms with Crippen LogP contribution in [0, 0.1) is 0 Å². The quantitative estimate of drug-likeness (QED) is 0.917. The van der Waals surface area contributed by atoms with Crippen LogP contribution in [-0.2, 0) is 13.1 Å². The molecule has 0 aliphatic carbocycles. The molecule has 5 heteroatoms. The summed E-state index contributed by atoms with van der Waals surface area (Å²) in [5.41, 5.74) is 7.42. The van der Waals surface area contributed by atoms with Crippen molar-refractivity contribution < 1.29 is 0 Å². The number of aromatic nitrogens is 2. The van der Waals surface area contributed by atoms with E-state index < -0.39 is 0 Å². The Morgan fingerprint density at radius 3 is 2.62 bits per heavy atom. The lowest BCUT2D eigenvalue weighted by Gasteiger charge is -2.03. The molecule has 1 heterocycles. The molecule has 1 aromatic heterocycles. The standard InChI is InChI=1S/C11H11Cl2N3/c12-10-2-1-8(5-11(10)13)7-16-4-3-9(6-14)15-16/h1-5H,6-7,14H2. The monoisotopic (exact) mass is 255 g/mol. The lowest BCUT2D eigenvalue weighted by Crippen LogP contribution is -2.03. The number of rotatable bonds is 3. The maximum Gasteiger partial charge on any atom is 0.0760 e. The number of hydrogen-bond acceptors (Lipinski definition) is 2. The zero-order chi connectivity index (χ0) is 11.5. The Kier molecular flexibility index (Phi) is 3.49. The van der Waals surface area contributed by atoms with Gasteiger partial charge in [0.1, 0.15) is 0 Å². The lowest BCUT2D eigenvalue weighted by atomic mass is 10.2. The Morgan fingerprint density at radius 1 is 1.19 bits per heavy atom. The largest absolute Gasteiger partial charge is 0.325 e. The molecule has 2 rings (SSSR count). The van der Waals surface area contributed by atoms with Gasteiger partial charge in [-0.2, -0.15) is 5.10 Å². The predicted octanol–water partition coefficient (Wildman–Crippen LogP) is 2.70. The normalized spacial score (nSPS) is 10.7. The molecule has 1 aromatic carbocycles. The maximum atomic E-state index is 5.93. The van der Waals surface area contributed by atoms with Crippen molar-refractivity contribution in [2.45, 2.75) is 13.1 Å². The third-order valence-electron chi connectivity index (χ3n) is 2.23. The van der Waals surface area contributed by atoms with Crippen molar-refractivity contribution in [3.05, 3.63) is 51.8 Å². The van der Waals surface area contributed by atoms with Gasteiger partial charge in [-0.1, -0.05) is 29.3 Å². The molecule has 2 N–H and O–H groups in total. The van der Waals surface area contributed by atoms with Gasteiger partial charge in [-0.15, -0.1) is 0 Å². The molecule has 0 fully saturated rings. The summed E-state index contributed by atoms with van der Waals surface area (Å²) in [6, 6.07) is 7.45. The van der Waals surface area contributed by atoms with E-state index in [1.54, 1.807) is 6.07 Å². The molecule has 0 unspecified atom stereocenters. The summed E-state index contributed by atoms with van der Waals surface area (Å²) in [6.45, 7) is 1.12. The van der Waals surface area contributed by atoms with Crippen LogP contribution >= 0.6 is 23.2 Å². The highest BCUT2D eigenvalue weighted by molar-refractivity contribution is 6.42. The van der Waals surface area contributed by atoms with Crippen LogP contribution in [0.4, 0.5) is 0 Å². The van der Waals surface area contributed by atoms with Gasteiger partial charge in [-0.25, -0.2) is 0 Å². The number of halogens is 2. The van der Waals surface area contributed by atoms with Crippen molar-refractivity contribution in [1.29, 1.82) is 0 Å². The molecule has 0 amide bonds. The summed E-state index contributed by atoms with van der Waals surface area (Å²) in [4.78, 5) is 0. The van der Waals surface area contributed by atoms with Gasteiger partial charge >= 0.3 is 0 Å². The summed E-state index contributed by atoms with van der Waals surface area (Å²) in [5.74, 6) is 0. The fourth-order valence-electron chi connectivity index (χ4n) is 1.43. The average molecular weight is 256 g/mol. The third kappa shape index (κ3) is 2.55.